The Morgan fingerprint density at radius 1 is 1.38 bits per heavy atom. The van der Waals surface area contributed by atoms with Gasteiger partial charge in [0.25, 0.3) is 0 Å². The Bertz CT molecular complexity index is 358. The highest BCUT2D eigenvalue weighted by Gasteiger charge is 2.25. The van der Waals surface area contributed by atoms with Crippen LogP contribution in [0.1, 0.15) is 25.0 Å². The van der Waals surface area contributed by atoms with E-state index in [1.165, 1.54) is 11.1 Å². The highest BCUT2D eigenvalue weighted by molar-refractivity contribution is 5.22. The Morgan fingerprint density at radius 3 is 2.88 bits per heavy atom. The molecular weight excluding hydrogens is 196 g/mol. The molecule has 1 fully saturated rings. The maximum absolute atomic E-state index is 3.54. The van der Waals surface area contributed by atoms with Crippen LogP contribution in [0.4, 0.5) is 0 Å². The molecule has 0 radical (unpaired) electrons. The predicted octanol–water partition coefficient (Wildman–Crippen LogP) is 2.18. The number of hydrogen-bond acceptors (Lipinski definition) is 2. The van der Waals surface area contributed by atoms with Gasteiger partial charge in [-0.3, -0.25) is 4.90 Å². The Kier molecular flexibility index (Phi) is 3.31. The quantitative estimate of drug-likeness (QED) is 0.818. The van der Waals surface area contributed by atoms with Gasteiger partial charge in [0, 0.05) is 31.7 Å². The fourth-order valence-electron chi connectivity index (χ4n) is 2.45. The maximum Gasteiger partial charge on any atom is 0.0252 e. The van der Waals surface area contributed by atoms with Gasteiger partial charge in [0.2, 0.25) is 0 Å². The zero-order valence-electron chi connectivity index (χ0n) is 10.6. The van der Waals surface area contributed by atoms with Crippen molar-refractivity contribution < 1.29 is 0 Å². The normalized spacial score (nSPS) is 20.9. The molecule has 2 nitrogen and oxygen atoms in total. The molecule has 1 aliphatic heterocycles. The van der Waals surface area contributed by atoms with Gasteiger partial charge in [-0.1, -0.05) is 29.8 Å². The fraction of sp³-hybridized carbons (Fsp3) is 0.571. The third-order valence-electron chi connectivity index (χ3n) is 3.14. The van der Waals surface area contributed by atoms with Gasteiger partial charge in [-0.15, -0.1) is 0 Å². The van der Waals surface area contributed by atoms with Crippen LogP contribution in [-0.2, 0) is 6.54 Å². The second-order valence-corrected chi connectivity index (χ2v) is 5.51. The Balaban J connectivity index is 1.99. The molecule has 1 aliphatic rings. The molecule has 88 valence electrons. The summed E-state index contributed by atoms with van der Waals surface area (Å²) in [4.78, 5) is 2.53. The van der Waals surface area contributed by atoms with Gasteiger partial charge >= 0.3 is 0 Å². The second kappa shape index (κ2) is 4.56. The van der Waals surface area contributed by atoms with E-state index in [0.29, 0.717) is 0 Å². The lowest BCUT2D eigenvalue weighted by Gasteiger charge is -2.39. The van der Waals surface area contributed by atoms with Gasteiger partial charge in [-0.05, 0) is 26.3 Å². The van der Waals surface area contributed by atoms with E-state index in [1.54, 1.807) is 0 Å². The van der Waals surface area contributed by atoms with Gasteiger partial charge in [0.1, 0.15) is 0 Å². The van der Waals surface area contributed by atoms with Crippen LogP contribution in [0.25, 0.3) is 0 Å². The van der Waals surface area contributed by atoms with E-state index in [-0.39, 0.29) is 5.54 Å². The van der Waals surface area contributed by atoms with Gasteiger partial charge in [0.15, 0.2) is 0 Å². The summed E-state index contributed by atoms with van der Waals surface area (Å²) >= 11 is 0. The highest BCUT2D eigenvalue weighted by Crippen LogP contribution is 2.14. The van der Waals surface area contributed by atoms with Crippen molar-refractivity contribution in [2.75, 3.05) is 19.6 Å². The molecule has 1 heterocycles. The van der Waals surface area contributed by atoms with Crippen LogP contribution < -0.4 is 5.32 Å². The summed E-state index contributed by atoms with van der Waals surface area (Å²) in [7, 11) is 0. The summed E-state index contributed by atoms with van der Waals surface area (Å²) in [5, 5.41) is 3.54. The average Bonchev–Trinajstić information content (AvgIpc) is 2.15. The van der Waals surface area contributed by atoms with E-state index in [1.807, 2.05) is 0 Å². The third-order valence-corrected chi connectivity index (χ3v) is 3.14. The topological polar surface area (TPSA) is 15.3 Å². The van der Waals surface area contributed by atoms with Crippen molar-refractivity contribution in [3.05, 3.63) is 35.4 Å². The predicted molar refractivity (Wildman–Crippen MR) is 68.5 cm³/mol. The first-order valence-corrected chi connectivity index (χ1v) is 6.08. The highest BCUT2D eigenvalue weighted by atomic mass is 15.2. The summed E-state index contributed by atoms with van der Waals surface area (Å²) in [6, 6.07) is 8.82. The first-order chi connectivity index (χ1) is 7.55. The number of nitrogens with one attached hydrogen (secondary N) is 1. The molecule has 0 aliphatic carbocycles. The standard InChI is InChI=1S/C14H22N2/c1-12-5-4-6-13(9-12)10-16-8-7-15-14(2,3)11-16/h4-6,9,15H,7-8,10-11H2,1-3H3. The van der Waals surface area contributed by atoms with Crippen molar-refractivity contribution in [2.24, 2.45) is 0 Å². The summed E-state index contributed by atoms with van der Waals surface area (Å²) in [5.41, 5.74) is 3.03. The lowest BCUT2D eigenvalue weighted by atomic mass is 10.0. The van der Waals surface area contributed by atoms with Gasteiger partial charge in [0.05, 0.1) is 0 Å². The molecule has 1 N–H and O–H groups in total. The number of rotatable bonds is 2. The Morgan fingerprint density at radius 2 is 2.19 bits per heavy atom. The molecule has 0 spiro atoms. The lowest BCUT2D eigenvalue weighted by Crippen LogP contribution is -2.56. The molecule has 1 saturated heterocycles. The minimum Gasteiger partial charge on any atom is -0.309 e. The Hall–Kier alpha value is -0.860. The molecule has 0 bridgehead atoms. The number of hydrogen-bond donors (Lipinski definition) is 1. The lowest BCUT2D eigenvalue weighted by molar-refractivity contribution is 0.148. The van der Waals surface area contributed by atoms with E-state index in [9.17, 15) is 0 Å². The van der Waals surface area contributed by atoms with Crippen molar-refractivity contribution in [1.29, 1.82) is 0 Å². The fourth-order valence-corrected chi connectivity index (χ4v) is 2.45. The molecule has 2 rings (SSSR count). The third kappa shape index (κ3) is 3.06. The smallest absolute Gasteiger partial charge is 0.0252 e. The van der Waals surface area contributed by atoms with Crippen molar-refractivity contribution in [1.82, 2.24) is 10.2 Å². The SMILES string of the molecule is Cc1cccc(CN2CCNC(C)(C)C2)c1. The molecule has 2 heteroatoms. The van der Waals surface area contributed by atoms with Crippen LogP contribution in [0, 0.1) is 6.92 Å². The van der Waals surface area contributed by atoms with Gasteiger partial charge in [-0.2, -0.15) is 0 Å². The summed E-state index contributed by atoms with van der Waals surface area (Å²) in [6.45, 7) is 11.2. The molecule has 0 saturated carbocycles. The second-order valence-electron chi connectivity index (χ2n) is 5.51. The zero-order valence-corrected chi connectivity index (χ0v) is 10.6. The van der Waals surface area contributed by atoms with Crippen LogP contribution in [0.15, 0.2) is 24.3 Å². The monoisotopic (exact) mass is 218 g/mol. The molecule has 0 amide bonds. The average molecular weight is 218 g/mol. The largest absolute Gasteiger partial charge is 0.309 e. The molecule has 0 aromatic heterocycles. The van der Waals surface area contributed by atoms with E-state index in [0.717, 1.165) is 26.2 Å². The molecule has 0 unspecified atom stereocenters. The summed E-state index contributed by atoms with van der Waals surface area (Å²) in [6.07, 6.45) is 0. The summed E-state index contributed by atoms with van der Waals surface area (Å²) in [5.74, 6) is 0. The van der Waals surface area contributed by atoms with Crippen molar-refractivity contribution in [2.45, 2.75) is 32.9 Å². The van der Waals surface area contributed by atoms with E-state index in [2.05, 4.69) is 55.3 Å². The van der Waals surface area contributed by atoms with E-state index >= 15 is 0 Å². The molecule has 1 aromatic rings. The molecule has 0 atom stereocenters. The van der Waals surface area contributed by atoms with Crippen molar-refractivity contribution in [3.63, 3.8) is 0 Å². The van der Waals surface area contributed by atoms with Crippen LogP contribution >= 0.6 is 0 Å². The van der Waals surface area contributed by atoms with E-state index in [4.69, 9.17) is 0 Å². The zero-order chi connectivity index (χ0) is 11.6. The molecule has 1 aromatic carbocycles. The van der Waals surface area contributed by atoms with Crippen molar-refractivity contribution in [3.8, 4) is 0 Å². The first-order valence-electron chi connectivity index (χ1n) is 6.08. The minimum absolute atomic E-state index is 0.252. The molecular formula is C14H22N2. The summed E-state index contributed by atoms with van der Waals surface area (Å²) < 4.78 is 0. The molecule has 16 heavy (non-hydrogen) atoms. The Labute approximate surface area is 98.7 Å². The van der Waals surface area contributed by atoms with Gasteiger partial charge in [-0.25, -0.2) is 0 Å². The van der Waals surface area contributed by atoms with Crippen LogP contribution in [0.3, 0.4) is 0 Å². The van der Waals surface area contributed by atoms with Crippen LogP contribution in [0.5, 0.6) is 0 Å². The van der Waals surface area contributed by atoms with Crippen molar-refractivity contribution >= 4 is 0 Å². The number of aryl methyl sites for hydroxylation is 1. The van der Waals surface area contributed by atoms with Crippen LogP contribution in [-0.4, -0.2) is 30.1 Å². The van der Waals surface area contributed by atoms with Crippen LogP contribution in [0.2, 0.25) is 0 Å². The minimum atomic E-state index is 0.252. The maximum atomic E-state index is 3.54. The number of benzene rings is 1. The number of nitrogens with zero attached hydrogens (tertiary/aromatic N) is 1. The van der Waals surface area contributed by atoms with Gasteiger partial charge < -0.3 is 5.32 Å². The number of piperazine rings is 1. The first kappa shape index (κ1) is 11.6. The van der Waals surface area contributed by atoms with E-state index < -0.39 is 0 Å².